The van der Waals surface area contributed by atoms with Gasteiger partial charge in [-0.1, -0.05) is 30.3 Å². The SMILES string of the molecule is Cc1nc(CC2CC2)sc1C(=O)N[C@@H](Cc1ccccc1)C(=O)O. The molecule has 1 fully saturated rings. The Balaban J connectivity index is 1.68. The molecule has 0 radical (unpaired) electrons. The van der Waals surface area contributed by atoms with Crippen molar-refractivity contribution in [1.29, 1.82) is 0 Å². The summed E-state index contributed by atoms with van der Waals surface area (Å²) < 4.78 is 0. The largest absolute Gasteiger partial charge is 0.480 e. The van der Waals surface area contributed by atoms with Gasteiger partial charge in [-0.05, 0) is 31.2 Å². The lowest BCUT2D eigenvalue weighted by molar-refractivity contribution is -0.139. The molecule has 126 valence electrons. The zero-order valence-corrected chi connectivity index (χ0v) is 14.3. The number of hydrogen-bond acceptors (Lipinski definition) is 4. The first-order valence-corrected chi connectivity index (χ1v) is 8.88. The van der Waals surface area contributed by atoms with Crippen LogP contribution in [0.3, 0.4) is 0 Å². The Hall–Kier alpha value is -2.21. The number of carboxylic acids is 1. The van der Waals surface area contributed by atoms with Gasteiger partial charge in [-0.15, -0.1) is 11.3 Å². The van der Waals surface area contributed by atoms with Crippen LogP contribution in [0, 0.1) is 12.8 Å². The van der Waals surface area contributed by atoms with Crippen LogP contribution in [0.25, 0.3) is 0 Å². The second-order valence-electron chi connectivity index (χ2n) is 6.22. The molecule has 1 saturated carbocycles. The molecule has 0 bridgehead atoms. The van der Waals surface area contributed by atoms with Crippen LogP contribution in [0.15, 0.2) is 30.3 Å². The standard InChI is InChI=1S/C18H20N2O3S/c1-11-16(24-15(19-11)10-13-7-8-13)17(21)20-14(18(22)23)9-12-5-3-2-4-6-12/h2-6,13-14H,7-10H2,1H3,(H,20,21)(H,22,23)/t14-/m0/s1. The average molecular weight is 344 g/mol. The van der Waals surface area contributed by atoms with Crippen LogP contribution in [-0.2, 0) is 17.6 Å². The Morgan fingerprint density at radius 1 is 1.33 bits per heavy atom. The van der Waals surface area contributed by atoms with Gasteiger partial charge in [0.1, 0.15) is 10.9 Å². The first-order chi connectivity index (χ1) is 11.5. The van der Waals surface area contributed by atoms with E-state index >= 15 is 0 Å². The topological polar surface area (TPSA) is 79.3 Å². The Bertz CT molecular complexity index is 738. The number of aryl methyl sites for hydroxylation is 1. The van der Waals surface area contributed by atoms with Gasteiger partial charge in [-0.2, -0.15) is 0 Å². The molecule has 3 rings (SSSR count). The smallest absolute Gasteiger partial charge is 0.326 e. The highest BCUT2D eigenvalue weighted by Gasteiger charge is 2.26. The second-order valence-corrected chi connectivity index (χ2v) is 7.31. The number of benzene rings is 1. The van der Waals surface area contributed by atoms with E-state index < -0.39 is 12.0 Å². The number of amides is 1. The number of aliphatic carboxylic acids is 1. The minimum absolute atomic E-state index is 0.259. The van der Waals surface area contributed by atoms with Gasteiger partial charge in [0, 0.05) is 12.8 Å². The Kier molecular flexibility index (Phi) is 4.94. The first-order valence-electron chi connectivity index (χ1n) is 8.07. The number of rotatable bonds is 7. The number of thiazole rings is 1. The van der Waals surface area contributed by atoms with E-state index in [-0.39, 0.29) is 12.3 Å². The molecule has 24 heavy (non-hydrogen) atoms. The van der Waals surface area contributed by atoms with Crippen LogP contribution < -0.4 is 5.32 Å². The Labute approximate surface area is 144 Å². The average Bonchev–Trinajstić information content (AvgIpc) is 3.28. The van der Waals surface area contributed by atoms with Crippen LogP contribution in [0.1, 0.15) is 38.8 Å². The number of carboxylic acid groups (broad SMARTS) is 1. The fourth-order valence-electron chi connectivity index (χ4n) is 2.59. The van der Waals surface area contributed by atoms with E-state index in [1.165, 1.54) is 24.2 Å². The fourth-order valence-corrected chi connectivity index (χ4v) is 3.68. The third-order valence-corrected chi connectivity index (χ3v) is 5.27. The van der Waals surface area contributed by atoms with Gasteiger partial charge in [-0.25, -0.2) is 9.78 Å². The summed E-state index contributed by atoms with van der Waals surface area (Å²) in [5.41, 5.74) is 1.55. The minimum atomic E-state index is -1.03. The van der Waals surface area contributed by atoms with Crippen molar-refractivity contribution in [2.24, 2.45) is 5.92 Å². The third-order valence-electron chi connectivity index (χ3n) is 4.09. The van der Waals surface area contributed by atoms with Gasteiger partial charge in [0.05, 0.1) is 10.7 Å². The van der Waals surface area contributed by atoms with Gasteiger partial charge >= 0.3 is 5.97 Å². The molecule has 1 aliphatic carbocycles. The molecule has 2 N–H and O–H groups in total. The zero-order valence-electron chi connectivity index (χ0n) is 13.5. The quantitative estimate of drug-likeness (QED) is 0.809. The van der Waals surface area contributed by atoms with Crippen LogP contribution >= 0.6 is 11.3 Å². The number of nitrogens with zero attached hydrogens (tertiary/aromatic N) is 1. The number of carbonyl (C=O) groups excluding carboxylic acids is 1. The summed E-state index contributed by atoms with van der Waals surface area (Å²) >= 11 is 1.38. The van der Waals surface area contributed by atoms with Crippen molar-refractivity contribution in [1.82, 2.24) is 10.3 Å². The molecule has 1 heterocycles. The van der Waals surface area contributed by atoms with E-state index in [2.05, 4.69) is 10.3 Å². The molecular formula is C18H20N2O3S. The highest BCUT2D eigenvalue weighted by atomic mass is 32.1. The summed E-state index contributed by atoms with van der Waals surface area (Å²) in [5.74, 6) is -0.681. The number of aromatic nitrogens is 1. The van der Waals surface area contributed by atoms with Crippen LogP contribution in [0.4, 0.5) is 0 Å². The lowest BCUT2D eigenvalue weighted by atomic mass is 10.1. The zero-order chi connectivity index (χ0) is 17.1. The van der Waals surface area contributed by atoms with Crippen molar-refractivity contribution in [3.8, 4) is 0 Å². The molecule has 0 unspecified atom stereocenters. The molecule has 0 spiro atoms. The molecule has 1 aromatic carbocycles. The Morgan fingerprint density at radius 3 is 2.67 bits per heavy atom. The van der Waals surface area contributed by atoms with Gasteiger partial charge < -0.3 is 10.4 Å². The van der Waals surface area contributed by atoms with E-state index in [1.54, 1.807) is 6.92 Å². The molecule has 1 aromatic heterocycles. The van der Waals surface area contributed by atoms with Gasteiger partial charge in [0.25, 0.3) is 5.91 Å². The maximum absolute atomic E-state index is 12.5. The maximum atomic E-state index is 12.5. The summed E-state index contributed by atoms with van der Waals surface area (Å²) in [7, 11) is 0. The third kappa shape index (κ3) is 4.20. The molecule has 1 atom stereocenters. The molecule has 6 heteroatoms. The van der Waals surface area contributed by atoms with Crippen molar-refractivity contribution in [2.45, 2.75) is 38.6 Å². The second kappa shape index (κ2) is 7.13. The van der Waals surface area contributed by atoms with Crippen molar-refractivity contribution < 1.29 is 14.7 Å². The van der Waals surface area contributed by atoms with E-state index in [4.69, 9.17) is 0 Å². The van der Waals surface area contributed by atoms with Crippen LogP contribution in [-0.4, -0.2) is 28.0 Å². The summed E-state index contributed by atoms with van der Waals surface area (Å²) in [4.78, 5) is 28.9. The van der Waals surface area contributed by atoms with E-state index in [0.29, 0.717) is 16.5 Å². The molecule has 0 saturated heterocycles. The monoisotopic (exact) mass is 344 g/mol. The van der Waals surface area contributed by atoms with Crippen LogP contribution in [0.2, 0.25) is 0 Å². The molecule has 0 aliphatic heterocycles. The molecule has 5 nitrogen and oxygen atoms in total. The van der Waals surface area contributed by atoms with Crippen molar-refractivity contribution >= 4 is 23.2 Å². The van der Waals surface area contributed by atoms with Gasteiger partial charge in [0.15, 0.2) is 0 Å². The van der Waals surface area contributed by atoms with Crippen molar-refractivity contribution in [3.63, 3.8) is 0 Å². The minimum Gasteiger partial charge on any atom is -0.480 e. The number of hydrogen-bond donors (Lipinski definition) is 2. The first kappa shape index (κ1) is 16.6. The lowest BCUT2D eigenvalue weighted by Gasteiger charge is -2.14. The normalized spacial score (nSPS) is 15.0. The number of nitrogens with one attached hydrogen (secondary N) is 1. The van der Waals surface area contributed by atoms with E-state index in [9.17, 15) is 14.7 Å². The Morgan fingerprint density at radius 2 is 2.04 bits per heavy atom. The highest BCUT2D eigenvalue weighted by Crippen LogP contribution is 2.34. The lowest BCUT2D eigenvalue weighted by Crippen LogP contribution is -2.42. The fraction of sp³-hybridized carbons (Fsp3) is 0.389. The summed E-state index contributed by atoms with van der Waals surface area (Å²) in [6.07, 6.45) is 3.65. The van der Waals surface area contributed by atoms with Crippen molar-refractivity contribution in [3.05, 3.63) is 51.5 Å². The van der Waals surface area contributed by atoms with E-state index in [0.717, 1.165) is 17.0 Å². The molecule has 1 amide bonds. The number of carbonyl (C=O) groups is 2. The van der Waals surface area contributed by atoms with Gasteiger partial charge in [0.2, 0.25) is 0 Å². The molecule has 2 aromatic rings. The molecule has 1 aliphatic rings. The van der Waals surface area contributed by atoms with E-state index in [1.807, 2.05) is 30.3 Å². The van der Waals surface area contributed by atoms with Crippen molar-refractivity contribution in [2.75, 3.05) is 0 Å². The van der Waals surface area contributed by atoms with Crippen LogP contribution in [0.5, 0.6) is 0 Å². The summed E-state index contributed by atoms with van der Waals surface area (Å²) in [6, 6.07) is 8.34. The summed E-state index contributed by atoms with van der Waals surface area (Å²) in [6.45, 7) is 1.80. The predicted octanol–water partition coefficient (Wildman–Crippen LogP) is 2.83. The summed E-state index contributed by atoms with van der Waals surface area (Å²) in [5, 5.41) is 13.0. The van der Waals surface area contributed by atoms with Gasteiger partial charge in [-0.3, -0.25) is 4.79 Å². The predicted molar refractivity (Wildman–Crippen MR) is 92.3 cm³/mol. The highest BCUT2D eigenvalue weighted by molar-refractivity contribution is 7.13. The maximum Gasteiger partial charge on any atom is 0.326 e. The molecular weight excluding hydrogens is 324 g/mol.